The molecule has 1 aliphatic rings. The molecule has 0 atom stereocenters. The minimum absolute atomic E-state index is 0.0443. The minimum atomic E-state index is -0.359. The molecular formula is C15H16N6O3. The number of piperidine rings is 1. The van der Waals surface area contributed by atoms with Crippen LogP contribution in [0.2, 0.25) is 0 Å². The molecule has 1 aliphatic heterocycles. The number of likely N-dealkylation sites (tertiary alicyclic amines) is 1. The third-order valence-corrected chi connectivity index (χ3v) is 3.81. The second-order valence-corrected chi connectivity index (χ2v) is 5.44. The van der Waals surface area contributed by atoms with E-state index in [9.17, 15) is 14.4 Å². The zero-order chi connectivity index (χ0) is 16.9. The van der Waals surface area contributed by atoms with Gasteiger partial charge in [-0.25, -0.2) is 10.1 Å². The molecule has 24 heavy (non-hydrogen) atoms. The van der Waals surface area contributed by atoms with Crippen LogP contribution in [0.25, 0.3) is 0 Å². The van der Waals surface area contributed by atoms with E-state index in [1.807, 2.05) is 0 Å². The fourth-order valence-corrected chi connectivity index (χ4v) is 2.53. The number of amides is 2. The maximum Gasteiger partial charge on any atom is 0.274 e. The normalized spacial score (nSPS) is 15.1. The maximum atomic E-state index is 12.3. The Balaban J connectivity index is 1.53. The fourth-order valence-electron chi connectivity index (χ4n) is 2.53. The summed E-state index contributed by atoms with van der Waals surface area (Å²) in [5, 5.41) is 8.79. The number of carbonyl (C=O) groups is 2. The molecule has 124 valence electrons. The van der Waals surface area contributed by atoms with Gasteiger partial charge in [0.1, 0.15) is 11.4 Å². The Hall–Kier alpha value is -3.10. The van der Waals surface area contributed by atoms with Crippen molar-refractivity contribution in [2.24, 2.45) is 0 Å². The minimum Gasteiger partial charge on any atom is -0.348 e. The summed E-state index contributed by atoms with van der Waals surface area (Å²) in [7, 11) is 0. The van der Waals surface area contributed by atoms with E-state index < -0.39 is 0 Å². The summed E-state index contributed by atoms with van der Waals surface area (Å²) >= 11 is 0. The van der Waals surface area contributed by atoms with E-state index in [1.54, 1.807) is 4.90 Å². The molecule has 2 aromatic rings. The molecule has 0 aliphatic carbocycles. The Morgan fingerprint density at radius 1 is 1.17 bits per heavy atom. The van der Waals surface area contributed by atoms with Crippen LogP contribution in [0.3, 0.4) is 0 Å². The lowest BCUT2D eigenvalue weighted by molar-refractivity contribution is 0.0691. The lowest BCUT2D eigenvalue weighted by atomic mass is 10.0. The quantitative estimate of drug-likeness (QED) is 0.790. The van der Waals surface area contributed by atoms with Crippen LogP contribution in [0.1, 0.15) is 33.8 Å². The van der Waals surface area contributed by atoms with Crippen LogP contribution >= 0.6 is 0 Å². The van der Waals surface area contributed by atoms with Crippen LogP contribution in [0.5, 0.6) is 0 Å². The van der Waals surface area contributed by atoms with Crippen LogP contribution in [0.4, 0.5) is 0 Å². The van der Waals surface area contributed by atoms with E-state index in [2.05, 4.69) is 25.5 Å². The van der Waals surface area contributed by atoms with Gasteiger partial charge in [0.05, 0.1) is 6.20 Å². The third kappa shape index (κ3) is 3.62. The summed E-state index contributed by atoms with van der Waals surface area (Å²) in [6, 6.07) is 2.59. The highest BCUT2D eigenvalue weighted by Gasteiger charge is 2.25. The number of aromatic amines is 1. The summed E-state index contributed by atoms with van der Waals surface area (Å²) in [5.74, 6) is -0.500. The first kappa shape index (κ1) is 15.8. The van der Waals surface area contributed by atoms with Crippen molar-refractivity contribution in [3.05, 3.63) is 52.5 Å². The molecule has 0 bridgehead atoms. The summed E-state index contributed by atoms with van der Waals surface area (Å²) in [5.41, 5.74) is 0.118. The maximum absolute atomic E-state index is 12.3. The monoisotopic (exact) mass is 328 g/mol. The van der Waals surface area contributed by atoms with Crippen LogP contribution in [0, 0.1) is 0 Å². The molecule has 0 saturated carbocycles. The number of carbonyl (C=O) groups excluding carboxylic acids is 2. The van der Waals surface area contributed by atoms with Gasteiger partial charge in [-0.05, 0) is 18.9 Å². The molecule has 0 radical (unpaired) electrons. The van der Waals surface area contributed by atoms with Crippen LogP contribution in [0.15, 0.2) is 35.5 Å². The van der Waals surface area contributed by atoms with Gasteiger partial charge in [0, 0.05) is 37.6 Å². The molecule has 0 unspecified atom stereocenters. The Morgan fingerprint density at radius 2 is 1.96 bits per heavy atom. The first-order valence-electron chi connectivity index (χ1n) is 7.55. The Bertz CT molecular complexity index is 763. The largest absolute Gasteiger partial charge is 0.348 e. The zero-order valence-electron chi connectivity index (χ0n) is 12.8. The molecule has 3 rings (SSSR count). The highest BCUT2D eigenvalue weighted by atomic mass is 16.2. The molecular weight excluding hydrogens is 312 g/mol. The van der Waals surface area contributed by atoms with E-state index in [1.165, 1.54) is 30.7 Å². The predicted molar refractivity (Wildman–Crippen MR) is 83.3 cm³/mol. The topological polar surface area (TPSA) is 121 Å². The van der Waals surface area contributed by atoms with Gasteiger partial charge in [0.25, 0.3) is 17.4 Å². The predicted octanol–water partition coefficient (Wildman–Crippen LogP) is -0.405. The van der Waals surface area contributed by atoms with E-state index in [-0.39, 0.29) is 29.1 Å². The van der Waals surface area contributed by atoms with Gasteiger partial charge < -0.3 is 10.2 Å². The molecule has 0 aromatic carbocycles. The zero-order valence-corrected chi connectivity index (χ0v) is 12.8. The first-order valence-corrected chi connectivity index (χ1v) is 7.55. The number of H-pyrrole nitrogens is 1. The molecule has 2 amide bonds. The summed E-state index contributed by atoms with van der Waals surface area (Å²) in [6.07, 6.45) is 5.72. The molecule has 1 saturated heterocycles. The van der Waals surface area contributed by atoms with Crippen molar-refractivity contribution in [1.82, 2.24) is 30.4 Å². The van der Waals surface area contributed by atoms with E-state index in [0.29, 0.717) is 31.6 Å². The van der Waals surface area contributed by atoms with Crippen LogP contribution in [-0.2, 0) is 0 Å². The van der Waals surface area contributed by atoms with Crippen LogP contribution in [-0.4, -0.2) is 56.0 Å². The van der Waals surface area contributed by atoms with Crippen molar-refractivity contribution in [1.29, 1.82) is 0 Å². The highest BCUT2D eigenvalue weighted by molar-refractivity contribution is 5.93. The van der Waals surface area contributed by atoms with Gasteiger partial charge in [-0.1, -0.05) is 0 Å². The molecule has 0 spiro atoms. The average Bonchev–Trinajstić information content (AvgIpc) is 2.63. The SMILES string of the molecule is O=C(NC1CCN(C(=O)c2cnccn2)CC1)c1ccc(=O)[nH]n1. The number of aromatic nitrogens is 4. The second-order valence-electron chi connectivity index (χ2n) is 5.44. The second kappa shape index (κ2) is 6.99. The van der Waals surface area contributed by atoms with Crippen molar-refractivity contribution in [2.75, 3.05) is 13.1 Å². The van der Waals surface area contributed by atoms with Gasteiger partial charge in [0.15, 0.2) is 0 Å². The summed E-state index contributed by atoms with van der Waals surface area (Å²) in [6.45, 7) is 1.05. The third-order valence-electron chi connectivity index (χ3n) is 3.81. The summed E-state index contributed by atoms with van der Waals surface area (Å²) < 4.78 is 0. The van der Waals surface area contributed by atoms with Crippen molar-refractivity contribution in [3.8, 4) is 0 Å². The van der Waals surface area contributed by atoms with Crippen LogP contribution < -0.4 is 10.9 Å². The Labute approximate surface area is 137 Å². The van der Waals surface area contributed by atoms with Crippen molar-refractivity contribution in [3.63, 3.8) is 0 Å². The van der Waals surface area contributed by atoms with Gasteiger partial charge >= 0.3 is 0 Å². The van der Waals surface area contributed by atoms with Gasteiger partial charge in [-0.3, -0.25) is 19.4 Å². The number of hydrogen-bond donors (Lipinski definition) is 2. The smallest absolute Gasteiger partial charge is 0.274 e. The molecule has 2 N–H and O–H groups in total. The lowest BCUT2D eigenvalue weighted by Gasteiger charge is -2.32. The molecule has 3 heterocycles. The van der Waals surface area contributed by atoms with E-state index in [0.717, 1.165) is 0 Å². The lowest BCUT2D eigenvalue weighted by Crippen LogP contribution is -2.47. The highest BCUT2D eigenvalue weighted by Crippen LogP contribution is 2.13. The first-order chi connectivity index (χ1) is 11.6. The summed E-state index contributed by atoms with van der Waals surface area (Å²) in [4.78, 5) is 44.9. The molecule has 2 aromatic heterocycles. The van der Waals surface area contributed by atoms with E-state index in [4.69, 9.17) is 0 Å². The molecule has 1 fully saturated rings. The Kier molecular flexibility index (Phi) is 4.59. The van der Waals surface area contributed by atoms with Gasteiger partial charge in [-0.15, -0.1) is 0 Å². The fraction of sp³-hybridized carbons (Fsp3) is 0.333. The standard InChI is InChI=1S/C15H16N6O3/c22-13-2-1-11(19-20-13)14(23)18-10-3-7-21(8-4-10)15(24)12-9-16-5-6-17-12/h1-2,5-6,9-10H,3-4,7-8H2,(H,18,23)(H,20,22). The average molecular weight is 328 g/mol. The number of nitrogens with zero attached hydrogens (tertiary/aromatic N) is 4. The van der Waals surface area contributed by atoms with Crippen molar-refractivity contribution >= 4 is 11.8 Å². The van der Waals surface area contributed by atoms with Crippen molar-refractivity contribution < 1.29 is 9.59 Å². The van der Waals surface area contributed by atoms with Gasteiger partial charge in [0.2, 0.25) is 0 Å². The van der Waals surface area contributed by atoms with E-state index >= 15 is 0 Å². The van der Waals surface area contributed by atoms with Gasteiger partial charge in [-0.2, -0.15) is 5.10 Å². The molecule has 9 heteroatoms. The number of hydrogen-bond acceptors (Lipinski definition) is 6. The number of rotatable bonds is 3. The number of nitrogens with one attached hydrogen (secondary N) is 2. The molecule has 9 nitrogen and oxygen atoms in total. The van der Waals surface area contributed by atoms with Crippen molar-refractivity contribution in [2.45, 2.75) is 18.9 Å². The Morgan fingerprint density at radius 3 is 2.58 bits per heavy atom.